The molecule has 0 aliphatic heterocycles. The number of hydrogen-bond acceptors (Lipinski definition) is 6. The van der Waals surface area contributed by atoms with Gasteiger partial charge in [0.1, 0.15) is 17.8 Å². The van der Waals surface area contributed by atoms with E-state index in [0.717, 1.165) is 22.4 Å². The molecule has 0 unspecified atom stereocenters. The van der Waals surface area contributed by atoms with Crippen molar-refractivity contribution in [3.63, 3.8) is 0 Å². The highest BCUT2D eigenvalue weighted by atomic mass is 16.5. The fourth-order valence-electron chi connectivity index (χ4n) is 3.55. The van der Waals surface area contributed by atoms with Crippen LogP contribution < -0.4 is 10.3 Å². The summed E-state index contributed by atoms with van der Waals surface area (Å²) in [5, 5.41) is 8.58. The summed E-state index contributed by atoms with van der Waals surface area (Å²) in [7, 11) is 0. The quantitative estimate of drug-likeness (QED) is 0.408. The van der Waals surface area contributed by atoms with Gasteiger partial charge in [-0.25, -0.2) is 4.52 Å². The largest absolute Gasteiger partial charge is 0.494 e. The maximum atomic E-state index is 13.0. The van der Waals surface area contributed by atoms with Crippen molar-refractivity contribution in [3.8, 4) is 28.4 Å². The second-order valence-electron chi connectivity index (χ2n) is 7.43. The molecule has 0 saturated carbocycles. The summed E-state index contributed by atoms with van der Waals surface area (Å²) >= 11 is 0. The van der Waals surface area contributed by atoms with Gasteiger partial charge in [-0.05, 0) is 50.2 Å². The average molecular weight is 427 g/mol. The van der Waals surface area contributed by atoms with Crippen LogP contribution in [0.4, 0.5) is 0 Å². The number of aromatic nitrogens is 5. The van der Waals surface area contributed by atoms with Crippen LogP contribution in [0, 0.1) is 6.92 Å². The molecule has 160 valence electrons. The van der Waals surface area contributed by atoms with E-state index in [9.17, 15) is 4.79 Å². The fraction of sp³-hybridized carbons (Fsp3) is 0.167. The van der Waals surface area contributed by atoms with Crippen molar-refractivity contribution in [2.75, 3.05) is 6.61 Å². The monoisotopic (exact) mass is 427 g/mol. The molecule has 2 aromatic carbocycles. The van der Waals surface area contributed by atoms with Crippen molar-refractivity contribution >= 4 is 5.52 Å². The van der Waals surface area contributed by atoms with E-state index in [1.165, 1.54) is 4.57 Å². The Bertz CT molecular complexity index is 1450. The summed E-state index contributed by atoms with van der Waals surface area (Å²) in [4.78, 5) is 17.5. The van der Waals surface area contributed by atoms with Gasteiger partial charge in [-0.2, -0.15) is 10.1 Å². The molecule has 0 spiro atoms. The first-order valence-corrected chi connectivity index (χ1v) is 10.3. The van der Waals surface area contributed by atoms with Crippen LogP contribution in [0.3, 0.4) is 0 Å². The van der Waals surface area contributed by atoms with E-state index in [0.29, 0.717) is 29.5 Å². The molecule has 5 rings (SSSR count). The molecule has 0 aliphatic rings. The van der Waals surface area contributed by atoms with Crippen LogP contribution in [0.5, 0.6) is 5.75 Å². The van der Waals surface area contributed by atoms with Gasteiger partial charge in [0.05, 0.1) is 12.3 Å². The Morgan fingerprint density at radius 2 is 1.88 bits per heavy atom. The fourth-order valence-corrected chi connectivity index (χ4v) is 3.55. The maximum absolute atomic E-state index is 13.0. The Morgan fingerprint density at radius 1 is 1.03 bits per heavy atom. The van der Waals surface area contributed by atoms with Crippen LogP contribution in [-0.2, 0) is 6.54 Å². The Kier molecular flexibility index (Phi) is 5.03. The zero-order chi connectivity index (χ0) is 22.1. The number of benzene rings is 2. The molecule has 0 amide bonds. The molecule has 8 heteroatoms. The second-order valence-corrected chi connectivity index (χ2v) is 7.43. The van der Waals surface area contributed by atoms with E-state index in [1.54, 1.807) is 23.0 Å². The van der Waals surface area contributed by atoms with E-state index in [2.05, 4.69) is 15.2 Å². The Morgan fingerprint density at radius 3 is 2.66 bits per heavy atom. The molecule has 5 aromatic rings. The van der Waals surface area contributed by atoms with Crippen molar-refractivity contribution in [2.45, 2.75) is 20.4 Å². The summed E-state index contributed by atoms with van der Waals surface area (Å²) in [5.74, 6) is 1.66. The highest BCUT2D eigenvalue weighted by Crippen LogP contribution is 2.22. The summed E-state index contributed by atoms with van der Waals surface area (Å²) in [6.07, 6.45) is 3.41. The lowest BCUT2D eigenvalue weighted by atomic mass is 10.1. The van der Waals surface area contributed by atoms with Crippen molar-refractivity contribution in [3.05, 3.63) is 88.8 Å². The predicted octanol–water partition coefficient (Wildman–Crippen LogP) is 3.97. The highest BCUT2D eigenvalue weighted by molar-refractivity contribution is 5.66. The smallest absolute Gasteiger partial charge is 0.277 e. The molecule has 0 bridgehead atoms. The molecule has 0 atom stereocenters. The third-order valence-electron chi connectivity index (χ3n) is 5.11. The summed E-state index contributed by atoms with van der Waals surface area (Å²) in [5.41, 5.74) is 3.88. The molecule has 3 heterocycles. The Hall–Kier alpha value is -4.20. The summed E-state index contributed by atoms with van der Waals surface area (Å²) in [6, 6.07) is 17.3. The van der Waals surface area contributed by atoms with Gasteiger partial charge in [0.2, 0.25) is 11.7 Å². The van der Waals surface area contributed by atoms with Gasteiger partial charge in [-0.3, -0.25) is 4.79 Å². The normalized spacial score (nSPS) is 11.2. The van der Waals surface area contributed by atoms with Crippen LogP contribution in [0.2, 0.25) is 0 Å². The van der Waals surface area contributed by atoms with Crippen molar-refractivity contribution < 1.29 is 9.26 Å². The van der Waals surface area contributed by atoms with E-state index < -0.39 is 0 Å². The summed E-state index contributed by atoms with van der Waals surface area (Å²) < 4.78 is 14.0. The first-order chi connectivity index (χ1) is 15.6. The molecule has 0 saturated heterocycles. The third kappa shape index (κ3) is 3.78. The molecular formula is C24H21N5O3. The van der Waals surface area contributed by atoms with Crippen molar-refractivity contribution in [1.29, 1.82) is 0 Å². The molecule has 8 nitrogen and oxygen atoms in total. The lowest BCUT2D eigenvalue weighted by Crippen LogP contribution is -2.21. The van der Waals surface area contributed by atoms with Gasteiger partial charge in [0.15, 0.2) is 0 Å². The minimum atomic E-state index is -0.188. The molecular weight excluding hydrogens is 406 g/mol. The molecule has 0 radical (unpaired) electrons. The zero-order valence-corrected chi connectivity index (χ0v) is 17.7. The number of hydrogen-bond donors (Lipinski definition) is 0. The molecule has 0 aliphatic carbocycles. The molecule has 0 fully saturated rings. The number of rotatable bonds is 6. The summed E-state index contributed by atoms with van der Waals surface area (Å²) in [6.45, 7) is 4.74. The first kappa shape index (κ1) is 19.7. The SMILES string of the molecule is CCOc1ccc(-c2cc3c(=O)n(Cc4nc(-c5cccc(C)c5)no4)ccn3n2)cc1. The minimum Gasteiger partial charge on any atom is -0.494 e. The number of fused-ring (bicyclic) bond motifs is 1. The number of nitrogens with zero attached hydrogens (tertiary/aromatic N) is 5. The van der Waals surface area contributed by atoms with Crippen LogP contribution in [0.15, 0.2) is 76.3 Å². The lowest BCUT2D eigenvalue weighted by Gasteiger charge is -2.02. The molecule has 32 heavy (non-hydrogen) atoms. The van der Waals surface area contributed by atoms with E-state index >= 15 is 0 Å². The van der Waals surface area contributed by atoms with Crippen LogP contribution in [0.1, 0.15) is 18.4 Å². The van der Waals surface area contributed by atoms with Crippen LogP contribution in [0.25, 0.3) is 28.2 Å². The van der Waals surface area contributed by atoms with E-state index in [1.807, 2.05) is 62.4 Å². The minimum absolute atomic E-state index is 0.178. The van der Waals surface area contributed by atoms with Gasteiger partial charge in [0.25, 0.3) is 5.56 Å². The zero-order valence-electron chi connectivity index (χ0n) is 17.7. The highest BCUT2D eigenvalue weighted by Gasteiger charge is 2.13. The van der Waals surface area contributed by atoms with Crippen molar-refractivity contribution in [2.24, 2.45) is 0 Å². The Balaban J connectivity index is 1.42. The standard InChI is InChI=1S/C24H21N5O3/c1-3-31-19-9-7-17(8-10-19)20-14-21-24(30)28(11-12-29(21)26-20)15-22-25-23(27-32-22)18-6-4-5-16(2)13-18/h4-14H,3,15H2,1-2H3. The number of ether oxygens (including phenoxy) is 1. The van der Waals surface area contributed by atoms with E-state index in [4.69, 9.17) is 9.26 Å². The van der Waals surface area contributed by atoms with Gasteiger partial charge in [0, 0.05) is 23.5 Å². The lowest BCUT2D eigenvalue weighted by molar-refractivity contribution is 0.340. The van der Waals surface area contributed by atoms with Gasteiger partial charge < -0.3 is 13.8 Å². The molecule has 3 aromatic heterocycles. The molecule has 0 N–H and O–H groups in total. The van der Waals surface area contributed by atoms with Crippen molar-refractivity contribution in [1.82, 2.24) is 24.3 Å². The topological polar surface area (TPSA) is 87.5 Å². The van der Waals surface area contributed by atoms with Gasteiger partial charge >= 0.3 is 0 Å². The number of aryl methyl sites for hydroxylation is 1. The van der Waals surface area contributed by atoms with Crippen LogP contribution in [-0.4, -0.2) is 30.9 Å². The predicted molar refractivity (Wildman–Crippen MR) is 120 cm³/mol. The first-order valence-electron chi connectivity index (χ1n) is 10.3. The third-order valence-corrected chi connectivity index (χ3v) is 5.11. The Labute approximate surface area is 183 Å². The second kappa shape index (κ2) is 8.14. The average Bonchev–Trinajstić information content (AvgIpc) is 3.44. The van der Waals surface area contributed by atoms with Gasteiger partial charge in [-0.1, -0.05) is 28.9 Å². The maximum Gasteiger partial charge on any atom is 0.277 e. The van der Waals surface area contributed by atoms with E-state index in [-0.39, 0.29) is 12.1 Å². The van der Waals surface area contributed by atoms with Gasteiger partial charge in [-0.15, -0.1) is 0 Å². The van der Waals surface area contributed by atoms with Crippen LogP contribution >= 0.6 is 0 Å².